The van der Waals surface area contributed by atoms with Crippen LogP contribution < -0.4 is 15.4 Å². The van der Waals surface area contributed by atoms with Crippen LogP contribution in [0, 0.1) is 0 Å². The first-order chi connectivity index (χ1) is 9.52. The van der Waals surface area contributed by atoms with Gasteiger partial charge in [0.2, 0.25) is 5.91 Å². The van der Waals surface area contributed by atoms with E-state index in [4.69, 9.17) is 9.47 Å². The van der Waals surface area contributed by atoms with Crippen molar-refractivity contribution >= 4 is 5.91 Å². The molecule has 1 aliphatic rings. The van der Waals surface area contributed by atoms with Crippen molar-refractivity contribution < 1.29 is 14.3 Å². The van der Waals surface area contributed by atoms with E-state index >= 15 is 0 Å². The lowest BCUT2D eigenvalue weighted by Gasteiger charge is -2.38. The lowest BCUT2D eigenvalue weighted by molar-refractivity contribution is -0.136. The van der Waals surface area contributed by atoms with Gasteiger partial charge in [0.05, 0.1) is 18.8 Å². The zero-order chi connectivity index (χ0) is 14.6. The number of benzene rings is 1. The van der Waals surface area contributed by atoms with Gasteiger partial charge in [0, 0.05) is 13.1 Å². The van der Waals surface area contributed by atoms with Crippen molar-refractivity contribution in [3.8, 4) is 5.75 Å². The fourth-order valence-electron chi connectivity index (χ4n) is 2.08. The highest BCUT2D eigenvalue weighted by molar-refractivity contribution is 5.77. The predicted octanol–water partition coefficient (Wildman–Crippen LogP) is 1.25. The molecule has 1 aromatic carbocycles. The molecule has 0 bridgehead atoms. The minimum atomic E-state index is -0.194. The maximum atomic E-state index is 11.9. The molecule has 1 saturated heterocycles. The summed E-state index contributed by atoms with van der Waals surface area (Å²) in [6.07, 6.45) is 0. The molecule has 0 unspecified atom stereocenters. The number of nitrogens with one attached hydrogen (secondary N) is 2. The number of amides is 1. The Balaban J connectivity index is 1.80. The van der Waals surface area contributed by atoms with E-state index in [1.165, 1.54) is 0 Å². The first-order valence-electron chi connectivity index (χ1n) is 6.80. The fraction of sp³-hybridized carbons (Fsp3) is 0.533. The van der Waals surface area contributed by atoms with Crippen LogP contribution in [0.25, 0.3) is 0 Å². The van der Waals surface area contributed by atoms with E-state index in [0.717, 1.165) is 24.4 Å². The molecule has 0 radical (unpaired) electrons. The summed E-state index contributed by atoms with van der Waals surface area (Å²) in [5.74, 6) is 0.711. The van der Waals surface area contributed by atoms with E-state index in [-0.39, 0.29) is 24.2 Å². The summed E-state index contributed by atoms with van der Waals surface area (Å²) < 4.78 is 10.7. The first kappa shape index (κ1) is 14.8. The standard InChI is InChI=1S/C15H22N2O3/c1-11(12-4-6-13(19-3)7-5-12)17-14(18)8-20-15(2)9-16-10-15/h4-7,11,16H,8-10H2,1-3H3,(H,17,18)/t11-/m1/s1. The molecule has 2 rings (SSSR count). The number of carbonyl (C=O) groups excluding carboxylic acids is 1. The Kier molecular flexibility index (Phi) is 4.62. The highest BCUT2D eigenvalue weighted by Gasteiger charge is 2.33. The lowest BCUT2D eigenvalue weighted by Crippen LogP contribution is -2.59. The summed E-state index contributed by atoms with van der Waals surface area (Å²) >= 11 is 0. The van der Waals surface area contributed by atoms with Gasteiger partial charge in [0.15, 0.2) is 0 Å². The van der Waals surface area contributed by atoms with Crippen LogP contribution in [-0.4, -0.2) is 38.3 Å². The molecule has 5 heteroatoms. The lowest BCUT2D eigenvalue weighted by atomic mass is 10.0. The number of carbonyl (C=O) groups is 1. The summed E-state index contributed by atoms with van der Waals surface area (Å²) in [6.45, 7) is 5.65. The second-order valence-corrected chi connectivity index (χ2v) is 5.40. The largest absolute Gasteiger partial charge is 0.497 e. The summed E-state index contributed by atoms with van der Waals surface area (Å²) in [5, 5.41) is 6.06. The molecule has 20 heavy (non-hydrogen) atoms. The summed E-state index contributed by atoms with van der Waals surface area (Å²) in [6, 6.07) is 7.61. The number of ether oxygens (including phenoxy) is 2. The van der Waals surface area contributed by atoms with Gasteiger partial charge in [-0.15, -0.1) is 0 Å². The highest BCUT2D eigenvalue weighted by atomic mass is 16.5. The van der Waals surface area contributed by atoms with Crippen molar-refractivity contribution in [3.05, 3.63) is 29.8 Å². The molecular formula is C15H22N2O3. The normalized spacial score (nSPS) is 17.9. The van der Waals surface area contributed by atoms with Crippen LogP contribution in [0.4, 0.5) is 0 Å². The monoisotopic (exact) mass is 278 g/mol. The third kappa shape index (κ3) is 3.71. The molecule has 1 aliphatic heterocycles. The van der Waals surface area contributed by atoms with E-state index in [2.05, 4.69) is 10.6 Å². The number of rotatable bonds is 6. The average molecular weight is 278 g/mol. The Hall–Kier alpha value is -1.59. The van der Waals surface area contributed by atoms with Gasteiger partial charge in [0.25, 0.3) is 0 Å². The van der Waals surface area contributed by atoms with Gasteiger partial charge in [-0.25, -0.2) is 0 Å². The second kappa shape index (κ2) is 6.24. The molecule has 5 nitrogen and oxygen atoms in total. The zero-order valence-corrected chi connectivity index (χ0v) is 12.2. The molecule has 1 atom stereocenters. The van der Waals surface area contributed by atoms with E-state index < -0.39 is 0 Å². The van der Waals surface area contributed by atoms with Crippen LogP contribution in [0.5, 0.6) is 5.75 Å². The van der Waals surface area contributed by atoms with Crippen molar-refractivity contribution in [2.24, 2.45) is 0 Å². The smallest absolute Gasteiger partial charge is 0.246 e. The molecule has 1 heterocycles. The number of hydrogen-bond donors (Lipinski definition) is 2. The van der Waals surface area contributed by atoms with E-state index in [1.807, 2.05) is 38.1 Å². The first-order valence-corrected chi connectivity index (χ1v) is 6.80. The van der Waals surface area contributed by atoms with Gasteiger partial charge in [-0.05, 0) is 31.5 Å². The second-order valence-electron chi connectivity index (χ2n) is 5.40. The number of methoxy groups -OCH3 is 1. The van der Waals surface area contributed by atoms with Gasteiger partial charge < -0.3 is 20.1 Å². The Bertz CT molecular complexity index is 455. The maximum Gasteiger partial charge on any atom is 0.246 e. The van der Waals surface area contributed by atoms with Gasteiger partial charge in [-0.3, -0.25) is 4.79 Å². The number of hydrogen-bond acceptors (Lipinski definition) is 4. The Labute approximate surface area is 119 Å². The zero-order valence-electron chi connectivity index (χ0n) is 12.2. The molecule has 110 valence electrons. The fourth-order valence-corrected chi connectivity index (χ4v) is 2.08. The van der Waals surface area contributed by atoms with Crippen LogP contribution >= 0.6 is 0 Å². The quantitative estimate of drug-likeness (QED) is 0.822. The Morgan fingerprint density at radius 3 is 2.55 bits per heavy atom. The van der Waals surface area contributed by atoms with Gasteiger partial charge in [-0.1, -0.05) is 12.1 Å². The van der Waals surface area contributed by atoms with Crippen molar-refractivity contribution in [3.63, 3.8) is 0 Å². The topological polar surface area (TPSA) is 59.6 Å². The summed E-state index contributed by atoms with van der Waals surface area (Å²) in [7, 11) is 1.63. The van der Waals surface area contributed by atoms with Gasteiger partial charge in [0.1, 0.15) is 12.4 Å². The summed E-state index contributed by atoms with van der Waals surface area (Å²) in [4.78, 5) is 11.9. The third-order valence-corrected chi connectivity index (χ3v) is 3.54. The van der Waals surface area contributed by atoms with Crippen molar-refractivity contribution in [1.29, 1.82) is 0 Å². The maximum absolute atomic E-state index is 11.9. The van der Waals surface area contributed by atoms with Crippen LogP contribution in [0.3, 0.4) is 0 Å². The van der Waals surface area contributed by atoms with Crippen LogP contribution in [0.2, 0.25) is 0 Å². The summed E-state index contributed by atoms with van der Waals surface area (Å²) in [5.41, 5.74) is 0.844. The Morgan fingerprint density at radius 2 is 2.05 bits per heavy atom. The van der Waals surface area contributed by atoms with E-state index in [1.54, 1.807) is 7.11 Å². The Morgan fingerprint density at radius 1 is 1.40 bits per heavy atom. The SMILES string of the molecule is COc1ccc([C@@H](C)NC(=O)COC2(C)CNC2)cc1. The van der Waals surface area contributed by atoms with Gasteiger partial charge >= 0.3 is 0 Å². The van der Waals surface area contributed by atoms with Crippen molar-refractivity contribution in [2.75, 3.05) is 26.8 Å². The molecule has 2 N–H and O–H groups in total. The van der Waals surface area contributed by atoms with Gasteiger partial charge in [-0.2, -0.15) is 0 Å². The molecule has 1 amide bonds. The van der Waals surface area contributed by atoms with Crippen molar-refractivity contribution in [1.82, 2.24) is 10.6 Å². The predicted molar refractivity (Wildman–Crippen MR) is 76.8 cm³/mol. The molecular weight excluding hydrogens is 256 g/mol. The van der Waals surface area contributed by atoms with Crippen LogP contribution in [0.1, 0.15) is 25.5 Å². The third-order valence-electron chi connectivity index (χ3n) is 3.54. The van der Waals surface area contributed by atoms with Crippen LogP contribution in [0.15, 0.2) is 24.3 Å². The van der Waals surface area contributed by atoms with Crippen LogP contribution in [-0.2, 0) is 9.53 Å². The van der Waals surface area contributed by atoms with Crippen molar-refractivity contribution in [2.45, 2.75) is 25.5 Å². The molecule has 0 aromatic heterocycles. The minimum Gasteiger partial charge on any atom is -0.497 e. The molecule has 1 fully saturated rings. The minimum absolute atomic E-state index is 0.0515. The molecule has 0 spiro atoms. The van der Waals surface area contributed by atoms with E-state index in [9.17, 15) is 4.79 Å². The average Bonchev–Trinajstić information content (AvgIpc) is 2.43. The van der Waals surface area contributed by atoms with E-state index in [0.29, 0.717) is 0 Å². The molecule has 0 aliphatic carbocycles. The molecule has 0 saturated carbocycles. The highest BCUT2D eigenvalue weighted by Crippen LogP contribution is 2.18. The molecule has 1 aromatic rings.